The van der Waals surface area contributed by atoms with Crippen LogP contribution in [-0.4, -0.2) is 42.7 Å². The van der Waals surface area contributed by atoms with Crippen LogP contribution in [0.2, 0.25) is 5.02 Å². The van der Waals surface area contributed by atoms with E-state index in [0.29, 0.717) is 5.02 Å². The molecule has 0 aliphatic carbocycles. The van der Waals surface area contributed by atoms with Crippen molar-refractivity contribution in [3.63, 3.8) is 0 Å². The largest absolute Gasteiger partial charge is 0.417 e. The van der Waals surface area contributed by atoms with Crippen molar-refractivity contribution < 1.29 is 9.37 Å². The fraction of sp³-hybridized carbons (Fsp3) is 0.238. The van der Waals surface area contributed by atoms with Crippen LogP contribution < -0.4 is 0 Å². The quantitative estimate of drug-likeness (QED) is 0.435. The SMILES string of the molecule is C=[N+](C(=O)C=C(C)c1ccccc1Cl)c1ccc(CCN(C)C)cc1. The number of nitrogens with zero attached hydrogens (tertiary/aromatic N) is 2. The van der Waals surface area contributed by atoms with Gasteiger partial charge in [0.15, 0.2) is 0 Å². The Kier molecular flexibility index (Phi) is 6.68. The molecule has 0 aromatic heterocycles. The average Bonchev–Trinajstić information content (AvgIpc) is 2.60. The third-order valence-corrected chi connectivity index (χ3v) is 4.33. The van der Waals surface area contributed by atoms with E-state index in [4.69, 9.17) is 11.6 Å². The van der Waals surface area contributed by atoms with E-state index in [0.717, 1.165) is 29.8 Å². The molecule has 0 aliphatic heterocycles. The zero-order chi connectivity index (χ0) is 18.4. The van der Waals surface area contributed by atoms with Gasteiger partial charge in [-0.3, -0.25) is 0 Å². The van der Waals surface area contributed by atoms with E-state index in [1.54, 1.807) is 6.08 Å². The number of carbonyl (C=O) groups is 1. The summed E-state index contributed by atoms with van der Waals surface area (Å²) in [5, 5.41) is 0.630. The van der Waals surface area contributed by atoms with Gasteiger partial charge in [0.05, 0.1) is 6.08 Å². The van der Waals surface area contributed by atoms with Gasteiger partial charge in [0, 0.05) is 23.7 Å². The molecule has 2 aromatic carbocycles. The summed E-state index contributed by atoms with van der Waals surface area (Å²) in [5.41, 5.74) is 3.67. The predicted molar refractivity (Wildman–Crippen MR) is 106 cm³/mol. The van der Waals surface area contributed by atoms with Gasteiger partial charge < -0.3 is 4.90 Å². The second-order valence-corrected chi connectivity index (χ2v) is 6.70. The molecule has 3 nitrogen and oxygen atoms in total. The molecule has 0 aliphatic rings. The van der Waals surface area contributed by atoms with Crippen LogP contribution in [0.3, 0.4) is 0 Å². The molecule has 2 aromatic rings. The molecular formula is C21H24ClN2O+. The molecular weight excluding hydrogens is 332 g/mol. The molecule has 2 rings (SSSR count). The standard InChI is InChI=1S/C21H24ClN2O/c1-16(19-7-5-6-8-20(19)22)15-21(25)24(4)18-11-9-17(10-12-18)13-14-23(2)3/h5-12,15H,4,13-14H2,1-3H3/q+1. The maximum Gasteiger partial charge on any atom is 0.417 e. The number of rotatable bonds is 6. The highest BCUT2D eigenvalue weighted by atomic mass is 35.5. The van der Waals surface area contributed by atoms with Gasteiger partial charge in [0.2, 0.25) is 5.69 Å². The Morgan fingerprint density at radius 2 is 1.80 bits per heavy atom. The minimum absolute atomic E-state index is 0.182. The van der Waals surface area contributed by atoms with Gasteiger partial charge in [0.1, 0.15) is 6.72 Å². The van der Waals surface area contributed by atoms with E-state index in [1.165, 1.54) is 10.1 Å². The lowest BCUT2D eigenvalue weighted by Crippen LogP contribution is -2.15. The first-order chi connectivity index (χ1) is 11.9. The molecule has 0 saturated heterocycles. The van der Waals surface area contributed by atoms with Gasteiger partial charge >= 0.3 is 5.91 Å². The summed E-state index contributed by atoms with van der Waals surface area (Å²) in [6.07, 6.45) is 2.54. The average molecular weight is 356 g/mol. The minimum Gasteiger partial charge on any atom is -0.309 e. The van der Waals surface area contributed by atoms with E-state index in [9.17, 15) is 4.79 Å². The highest BCUT2D eigenvalue weighted by Crippen LogP contribution is 2.23. The predicted octanol–water partition coefficient (Wildman–Crippen LogP) is 4.42. The van der Waals surface area contributed by atoms with Gasteiger partial charge in [-0.2, -0.15) is 0 Å². The molecule has 1 amide bonds. The number of halogens is 1. The van der Waals surface area contributed by atoms with Crippen LogP contribution in [0.1, 0.15) is 18.1 Å². The van der Waals surface area contributed by atoms with Crippen LogP contribution >= 0.6 is 11.6 Å². The Hall–Kier alpha value is -2.23. The first kappa shape index (κ1) is 19.1. The lowest BCUT2D eigenvalue weighted by atomic mass is 10.1. The maximum absolute atomic E-state index is 12.5. The van der Waals surface area contributed by atoms with Crippen LogP contribution in [-0.2, 0) is 11.2 Å². The number of allylic oxidation sites excluding steroid dienone is 1. The number of carbonyl (C=O) groups excluding carboxylic acids is 1. The van der Waals surface area contributed by atoms with Crippen molar-refractivity contribution in [1.82, 2.24) is 4.90 Å². The smallest absolute Gasteiger partial charge is 0.309 e. The number of amides is 1. The van der Waals surface area contributed by atoms with Gasteiger partial charge in [-0.05, 0) is 50.2 Å². The molecule has 25 heavy (non-hydrogen) atoms. The number of hydrogen-bond donors (Lipinski definition) is 0. The number of likely N-dealkylation sites (N-methyl/N-ethyl adjacent to an activating group) is 1. The Morgan fingerprint density at radius 3 is 2.40 bits per heavy atom. The fourth-order valence-corrected chi connectivity index (χ4v) is 2.73. The van der Waals surface area contributed by atoms with Gasteiger partial charge in [-0.25, -0.2) is 4.79 Å². The molecule has 130 valence electrons. The molecule has 0 spiro atoms. The zero-order valence-corrected chi connectivity index (χ0v) is 15.8. The van der Waals surface area contributed by atoms with Crippen molar-refractivity contribution in [2.75, 3.05) is 20.6 Å². The second-order valence-electron chi connectivity index (χ2n) is 6.29. The lowest BCUT2D eigenvalue weighted by molar-refractivity contribution is -0.352. The molecule has 0 unspecified atom stereocenters. The van der Waals surface area contributed by atoms with Crippen LogP contribution in [0.15, 0.2) is 54.6 Å². The van der Waals surface area contributed by atoms with Gasteiger partial charge in [-0.1, -0.05) is 41.9 Å². The van der Waals surface area contributed by atoms with E-state index in [2.05, 4.69) is 25.7 Å². The van der Waals surface area contributed by atoms with Crippen LogP contribution in [0.4, 0.5) is 5.69 Å². The summed E-state index contributed by atoms with van der Waals surface area (Å²) in [6.45, 7) is 6.74. The first-order valence-corrected chi connectivity index (χ1v) is 8.57. The first-order valence-electron chi connectivity index (χ1n) is 8.20. The van der Waals surface area contributed by atoms with Crippen molar-refractivity contribution >= 4 is 35.5 Å². The zero-order valence-electron chi connectivity index (χ0n) is 15.0. The normalized spacial score (nSPS) is 11.6. The summed E-state index contributed by atoms with van der Waals surface area (Å²) in [7, 11) is 4.11. The monoisotopic (exact) mass is 355 g/mol. The summed E-state index contributed by atoms with van der Waals surface area (Å²) in [5.74, 6) is -0.182. The Bertz CT molecular complexity index is 792. The van der Waals surface area contributed by atoms with Crippen LogP contribution in [0.25, 0.3) is 5.57 Å². The molecule has 0 bridgehead atoms. The Balaban J connectivity index is 2.10. The molecule has 0 N–H and O–H groups in total. The molecule has 0 saturated carbocycles. The third kappa shape index (κ3) is 5.38. The Labute approximate surface area is 154 Å². The molecule has 0 fully saturated rings. The summed E-state index contributed by atoms with van der Waals surface area (Å²) >= 11 is 6.18. The maximum atomic E-state index is 12.5. The van der Waals surface area contributed by atoms with Crippen molar-refractivity contribution in [2.45, 2.75) is 13.3 Å². The summed E-state index contributed by atoms with van der Waals surface area (Å²) in [4.78, 5) is 14.6. The number of benzene rings is 2. The van der Waals surface area contributed by atoms with Crippen molar-refractivity contribution in [2.24, 2.45) is 0 Å². The van der Waals surface area contributed by atoms with Crippen molar-refractivity contribution in [1.29, 1.82) is 0 Å². The van der Waals surface area contributed by atoms with E-state index in [1.807, 2.05) is 55.5 Å². The van der Waals surface area contributed by atoms with Gasteiger partial charge in [0.25, 0.3) is 0 Å². The van der Waals surface area contributed by atoms with Crippen molar-refractivity contribution in [3.05, 3.63) is 70.8 Å². The van der Waals surface area contributed by atoms with Crippen LogP contribution in [0.5, 0.6) is 0 Å². The lowest BCUT2D eigenvalue weighted by Gasteiger charge is -2.08. The second kappa shape index (κ2) is 8.75. The minimum atomic E-state index is -0.182. The van der Waals surface area contributed by atoms with Gasteiger partial charge in [-0.15, -0.1) is 4.58 Å². The highest BCUT2D eigenvalue weighted by Gasteiger charge is 2.16. The fourth-order valence-electron chi connectivity index (χ4n) is 2.44. The summed E-state index contributed by atoms with van der Waals surface area (Å²) in [6, 6.07) is 15.4. The third-order valence-electron chi connectivity index (χ3n) is 4.00. The van der Waals surface area contributed by atoms with E-state index >= 15 is 0 Å². The van der Waals surface area contributed by atoms with E-state index in [-0.39, 0.29) is 5.91 Å². The summed E-state index contributed by atoms with van der Waals surface area (Å²) < 4.78 is 1.40. The van der Waals surface area contributed by atoms with E-state index < -0.39 is 0 Å². The molecule has 4 heteroatoms. The molecule has 0 atom stereocenters. The van der Waals surface area contributed by atoms with Crippen LogP contribution in [0, 0.1) is 0 Å². The Morgan fingerprint density at radius 1 is 1.16 bits per heavy atom. The topological polar surface area (TPSA) is 23.3 Å². The highest BCUT2D eigenvalue weighted by molar-refractivity contribution is 6.32. The number of hydrogen-bond acceptors (Lipinski definition) is 2. The van der Waals surface area contributed by atoms with Crippen molar-refractivity contribution in [3.8, 4) is 0 Å². The molecule has 0 heterocycles. The molecule has 0 radical (unpaired) electrons.